The summed E-state index contributed by atoms with van der Waals surface area (Å²) >= 11 is 0. The molecule has 0 aliphatic heterocycles. The Labute approximate surface area is 149 Å². The van der Waals surface area contributed by atoms with Crippen LogP contribution in [0.2, 0.25) is 0 Å². The zero-order valence-electron chi connectivity index (χ0n) is 15.0. The van der Waals surface area contributed by atoms with Crippen LogP contribution in [0.3, 0.4) is 0 Å². The highest BCUT2D eigenvalue weighted by Crippen LogP contribution is 2.21. The molecule has 0 radical (unpaired) electrons. The van der Waals surface area contributed by atoms with Crippen LogP contribution in [0.5, 0.6) is 0 Å². The zero-order chi connectivity index (χ0) is 18.6. The molecule has 2 aromatic carbocycles. The van der Waals surface area contributed by atoms with Crippen LogP contribution in [0.25, 0.3) is 0 Å². The SMILES string of the molecule is CCNC(=O)c1ccc(CNS(=O)(=O)c2c(C)cc(C)cc2C)cc1. The maximum atomic E-state index is 12.6. The molecule has 0 spiro atoms. The number of carbonyl (C=O) groups excluding carboxylic acids is 1. The van der Waals surface area contributed by atoms with Crippen molar-refractivity contribution < 1.29 is 13.2 Å². The van der Waals surface area contributed by atoms with Gasteiger partial charge < -0.3 is 5.32 Å². The second-order valence-electron chi connectivity index (χ2n) is 6.11. The lowest BCUT2D eigenvalue weighted by Crippen LogP contribution is -2.25. The van der Waals surface area contributed by atoms with E-state index < -0.39 is 10.0 Å². The summed E-state index contributed by atoms with van der Waals surface area (Å²) in [6.45, 7) is 8.14. The van der Waals surface area contributed by atoms with Gasteiger partial charge in [-0.05, 0) is 56.5 Å². The number of rotatable bonds is 6. The van der Waals surface area contributed by atoms with Gasteiger partial charge in [-0.1, -0.05) is 29.8 Å². The summed E-state index contributed by atoms with van der Waals surface area (Å²) in [5, 5.41) is 2.73. The van der Waals surface area contributed by atoms with Gasteiger partial charge in [0.2, 0.25) is 10.0 Å². The highest BCUT2D eigenvalue weighted by atomic mass is 32.2. The predicted octanol–water partition coefficient (Wildman–Crippen LogP) is 2.84. The first kappa shape index (κ1) is 19.1. The fraction of sp³-hybridized carbons (Fsp3) is 0.316. The Kier molecular flexibility index (Phi) is 5.98. The summed E-state index contributed by atoms with van der Waals surface area (Å²) in [5.74, 6) is -0.138. The van der Waals surface area contributed by atoms with Crippen molar-refractivity contribution in [3.63, 3.8) is 0 Å². The standard InChI is InChI=1S/C19H24N2O3S/c1-5-20-19(22)17-8-6-16(7-9-17)12-21-25(23,24)18-14(3)10-13(2)11-15(18)4/h6-11,21H,5,12H2,1-4H3,(H,20,22). The van der Waals surface area contributed by atoms with Gasteiger partial charge in [0.05, 0.1) is 4.90 Å². The number of sulfonamides is 1. The Morgan fingerprint density at radius 2 is 1.56 bits per heavy atom. The molecule has 134 valence electrons. The monoisotopic (exact) mass is 360 g/mol. The topological polar surface area (TPSA) is 75.3 Å². The van der Waals surface area contributed by atoms with Crippen molar-refractivity contribution in [2.24, 2.45) is 0 Å². The van der Waals surface area contributed by atoms with Crippen LogP contribution in [0.4, 0.5) is 0 Å². The number of hydrogen-bond donors (Lipinski definition) is 2. The van der Waals surface area contributed by atoms with Crippen LogP contribution in [0.1, 0.15) is 39.5 Å². The first-order valence-corrected chi connectivity index (χ1v) is 9.67. The second kappa shape index (κ2) is 7.80. The molecule has 2 aromatic rings. The van der Waals surface area contributed by atoms with Gasteiger partial charge in [-0.3, -0.25) is 4.79 Å². The van der Waals surface area contributed by atoms with Crippen LogP contribution in [-0.2, 0) is 16.6 Å². The Morgan fingerprint density at radius 3 is 2.08 bits per heavy atom. The number of aryl methyl sites for hydroxylation is 3. The molecule has 0 saturated heterocycles. The highest BCUT2D eigenvalue weighted by molar-refractivity contribution is 7.89. The third kappa shape index (κ3) is 4.67. The number of hydrogen-bond acceptors (Lipinski definition) is 3. The molecule has 0 atom stereocenters. The van der Waals surface area contributed by atoms with E-state index in [0.717, 1.165) is 22.3 Å². The molecule has 0 fully saturated rings. The molecular weight excluding hydrogens is 336 g/mol. The summed E-state index contributed by atoms with van der Waals surface area (Å²) < 4.78 is 27.9. The molecule has 1 amide bonds. The van der Waals surface area contributed by atoms with Crippen LogP contribution >= 0.6 is 0 Å². The molecule has 0 aliphatic rings. The summed E-state index contributed by atoms with van der Waals surface area (Å²) in [5.41, 5.74) is 3.85. The molecule has 5 nitrogen and oxygen atoms in total. The molecule has 0 aromatic heterocycles. The molecule has 2 rings (SSSR count). The van der Waals surface area contributed by atoms with Crippen LogP contribution in [0.15, 0.2) is 41.3 Å². The molecule has 0 aliphatic carbocycles. The average Bonchev–Trinajstić information content (AvgIpc) is 2.52. The summed E-state index contributed by atoms with van der Waals surface area (Å²) in [6.07, 6.45) is 0. The molecule has 0 unspecified atom stereocenters. The fourth-order valence-electron chi connectivity index (χ4n) is 2.88. The summed E-state index contributed by atoms with van der Waals surface area (Å²) in [7, 11) is -3.60. The zero-order valence-corrected chi connectivity index (χ0v) is 15.8. The van der Waals surface area contributed by atoms with Crippen molar-refractivity contribution in [1.82, 2.24) is 10.0 Å². The van der Waals surface area contributed by atoms with Crippen molar-refractivity contribution in [2.45, 2.75) is 39.1 Å². The van der Waals surface area contributed by atoms with Gasteiger partial charge in [0, 0.05) is 18.7 Å². The Bertz CT molecular complexity index is 849. The third-order valence-electron chi connectivity index (χ3n) is 3.89. The Morgan fingerprint density at radius 1 is 1.00 bits per heavy atom. The van der Waals surface area contributed by atoms with Gasteiger partial charge in [0.1, 0.15) is 0 Å². The molecule has 2 N–H and O–H groups in total. The lowest BCUT2D eigenvalue weighted by atomic mass is 10.1. The van der Waals surface area contributed by atoms with Gasteiger partial charge >= 0.3 is 0 Å². The van der Waals surface area contributed by atoms with Crippen molar-refractivity contribution in [1.29, 1.82) is 0 Å². The van der Waals surface area contributed by atoms with E-state index in [-0.39, 0.29) is 12.5 Å². The minimum Gasteiger partial charge on any atom is -0.352 e. The maximum absolute atomic E-state index is 12.6. The van der Waals surface area contributed by atoms with E-state index in [9.17, 15) is 13.2 Å². The normalized spacial score (nSPS) is 11.4. The second-order valence-corrected chi connectivity index (χ2v) is 7.81. The molecular formula is C19H24N2O3S. The third-order valence-corrected chi connectivity index (χ3v) is 5.60. The predicted molar refractivity (Wildman–Crippen MR) is 99.1 cm³/mol. The van der Waals surface area contributed by atoms with E-state index in [4.69, 9.17) is 0 Å². The Balaban J connectivity index is 2.14. The quantitative estimate of drug-likeness (QED) is 0.832. The van der Waals surface area contributed by atoms with Crippen molar-refractivity contribution >= 4 is 15.9 Å². The minimum absolute atomic E-state index is 0.138. The van der Waals surface area contributed by atoms with E-state index in [0.29, 0.717) is 17.0 Å². The number of benzene rings is 2. The summed E-state index contributed by atoms with van der Waals surface area (Å²) in [6, 6.07) is 10.6. The average molecular weight is 360 g/mol. The van der Waals surface area contributed by atoms with Gasteiger partial charge in [-0.2, -0.15) is 0 Å². The van der Waals surface area contributed by atoms with Crippen molar-refractivity contribution in [3.05, 3.63) is 64.2 Å². The van der Waals surface area contributed by atoms with E-state index in [1.807, 2.05) is 26.0 Å². The first-order valence-electron chi connectivity index (χ1n) is 8.19. The number of amides is 1. The molecule has 0 bridgehead atoms. The van der Waals surface area contributed by atoms with E-state index in [2.05, 4.69) is 10.0 Å². The van der Waals surface area contributed by atoms with Crippen LogP contribution < -0.4 is 10.0 Å². The molecule has 0 saturated carbocycles. The molecule has 6 heteroatoms. The van der Waals surface area contributed by atoms with E-state index in [1.54, 1.807) is 38.1 Å². The highest BCUT2D eigenvalue weighted by Gasteiger charge is 2.19. The summed E-state index contributed by atoms with van der Waals surface area (Å²) in [4.78, 5) is 12.1. The maximum Gasteiger partial charge on any atom is 0.251 e. The smallest absolute Gasteiger partial charge is 0.251 e. The lowest BCUT2D eigenvalue weighted by molar-refractivity contribution is 0.0956. The fourth-order valence-corrected chi connectivity index (χ4v) is 4.34. The van der Waals surface area contributed by atoms with Crippen LogP contribution in [-0.4, -0.2) is 20.9 Å². The lowest BCUT2D eigenvalue weighted by Gasteiger charge is -2.13. The van der Waals surface area contributed by atoms with Gasteiger partial charge in [-0.15, -0.1) is 0 Å². The van der Waals surface area contributed by atoms with Gasteiger partial charge in [0.25, 0.3) is 5.91 Å². The van der Waals surface area contributed by atoms with Crippen molar-refractivity contribution in [3.8, 4) is 0 Å². The molecule has 25 heavy (non-hydrogen) atoms. The minimum atomic E-state index is -3.60. The van der Waals surface area contributed by atoms with E-state index >= 15 is 0 Å². The Hall–Kier alpha value is -2.18. The van der Waals surface area contributed by atoms with Crippen molar-refractivity contribution in [2.75, 3.05) is 6.54 Å². The number of carbonyl (C=O) groups is 1. The van der Waals surface area contributed by atoms with E-state index in [1.165, 1.54) is 0 Å². The van der Waals surface area contributed by atoms with Crippen LogP contribution in [0, 0.1) is 20.8 Å². The largest absolute Gasteiger partial charge is 0.352 e. The first-order chi connectivity index (χ1) is 11.7. The number of nitrogens with one attached hydrogen (secondary N) is 2. The molecule has 0 heterocycles. The van der Waals surface area contributed by atoms with Gasteiger partial charge in [0.15, 0.2) is 0 Å². The van der Waals surface area contributed by atoms with Gasteiger partial charge in [-0.25, -0.2) is 13.1 Å².